The van der Waals surface area contributed by atoms with E-state index in [1.165, 1.54) is 12.0 Å². The average Bonchev–Trinajstić information content (AvgIpc) is 2.99. The summed E-state index contributed by atoms with van der Waals surface area (Å²) in [5.74, 6) is 3.00. The Bertz CT molecular complexity index is 1060. The smallest absolute Gasteiger partial charge is 0.118 e. The van der Waals surface area contributed by atoms with Gasteiger partial charge in [0.1, 0.15) is 11.9 Å². The van der Waals surface area contributed by atoms with Crippen molar-refractivity contribution in [3.63, 3.8) is 0 Å². The van der Waals surface area contributed by atoms with Crippen LogP contribution in [0, 0.1) is 0 Å². The molecule has 1 heterocycles. The number of rotatable bonds is 14. The fourth-order valence-electron chi connectivity index (χ4n) is 4.61. The fraction of sp³-hybridized carbons (Fsp3) is 0.419. The van der Waals surface area contributed by atoms with E-state index in [-0.39, 0.29) is 16.8 Å². The summed E-state index contributed by atoms with van der Waals surface area (Å²) in [6.07, 6.45) is 0.648. The van der Waals surface area contributed by atoms with Crippen LogP contribution in [0.3, 0.4) is 0 Å². The maximum atomic E-state index is 10.7. The van der Waals surface area contributed by atoms with Gasteiger partial charge in [0.25, 0.3) is 0 Å². The zero-order valence-corrected chi connectivity index (χ0v) is 23.5. The molecule has 0 aliphatic carbocycles. The molecule has 0 radical (unpaired) electrons. The molecule has 0 aromatic heterocycles. The normalized spacial score (nSPS) is 17.4. The van der Waals surface area contributed by atoms with Crippen LogP contribution in [-0.2, 0) is 26.8 Å². The first kappa shape index (κ1) is 29.0. The molecular weight excluding hydrogens is 516 g/mol. The SMILES string of the molecule is COc1ccc(C2(C[C@@H](C[C@H](OCc3ccccc3)[C@H](O)CO)OCc3ccccc3)SCCCS2)cc1. The molecule has 1 saturated heterocycles. The highest BCUT2D eigenvalue weighted by atomic mass is 32.2. The first-order valence-electron chi connectivity index (χ1n) is 13.1. The molecule has 38 heavy (non-hydrogen) atoms. The molecule has 4 rings (SSSR count). The van der Waals surface area contributed by atoms with E-state index in [1.54, 1.807) is 7.11 Å². The summed E-state index contributed by atoms with van der Waals surface area (Å²) in [6.45, 7) is 0.471. The molecule has 0 bridgehead atoms. The number of ether oxygens (including phenoxy) is 3. The van der Waals surface area contributed by atoms with Crippen molar-refractivity contribution < 1.29 is 24.4 Å². The van der Waals surface area contributed by atoms with E-state index >= 15 is 0 Å². The number of methoxy groups -OCH3 is 1. The molecule has 7 heteroatoms. The summed E-state index contributed by atoms with van der Waals surface area (Å²) in [5.41, 5.74) is 3.37. The molecule has 1 aliphatic rings. The lowest BCUT2D eigenvalue weighted by atomic mass is 9.99. The van der Waals surface area contributed by atoms with Gasteiger partial charge in [-0.2, -0.15) is 0 Å². The Morgan fingerprint density at radius 2 is 1.39 bits per heavy atom. The van der Waals surface area contributed by atoms with Crippen molar-refractivity contribution in [3.05, 3.63) is 102 Å². The minimum Gasteiger partial charge on any atom is -0.497 e. The van der Waals surface area contributed by atoms with Crippen molar-refractivity contribution in [1.82, 2.24) is 0 Å². The van der Waals surface area contributed by atoms with Crippen molar-refractivity contribution in [2.45, 2.75) is 54.9 Å². The molecule has 5 nitrogen and oxygen atoms in total. The van der Waals surface area contributed by atoms with Gasteiger partial charge in [0.15, 0.2) is 0 Å². The zero-order chi connectivity index (χ0) is 26.6. The van der Waals surface area contributed by atoms with Crippen molar-refractivity contribution in [2.75, 3.05) is 25.2 Å². The number of benzene rings is 3. The van der Waals surface area contributed by atoms with E-state index in [1.807, 2.05) is 84.2 Å². The second-order valence-electron chi connectivity index (χ2n) is 9.48. The Morgan fingerprint density at radius 3 is 1.95 bits per heavy atom. The third-order valence-electron chi connectivity index (χ3n) is 6.73. The number of aliphatic hydroxyl groups excluding tert-OH is 2. The molecule has 3 aromatic rings. The molecular formula is C31H38O5S2. The summed E-state index contributed by atoms with van der Waals surface area (Å²) >= 11 is 3.94. The van der Waals surface area contributed by atoms with E-state index in [0.717, 1.165) is 34.8 Å². The van der Waals surface area contributed by atoms with E-state index in [9.17, 15) is 10.2 Å². The van der Waals surface area contributed by atoms with Gasteiger partial charge in [-0.05, 0) is 46.7 Å². The van der Waals surface area contributed by atoms with Crippen LogP contribution in [0.1, 0.15) is 36.0 Å². The van der Waals surface area contributed by atoms with Crippen LogP contribution in [0.15, 0.2) is 84.9 Å². The van der Waals surface area contributed by atoms with Gasteiger partial charge in [0.05, 0.1) is 43.2 Å². The van der Waals surface area contributed by atoms with Crippen LogP contribution < -0.4 is 4.74 Å². The van der Waals surface area contributed by atoms with Crippen LogP contribution in [0.25, 0.3) is 0 Å². The maximum Gasteiger partial charge on any atom is 0.118 e. The van der Waals surface area contributed by atoms with E-state index in [0.29, 0.717) is 19.6 Å². The average molecular weight is 555 g/mol. The topological polar surface area (TPSA) is 68.2 Å². The summed E-state index contributed by atoms with van der Waals surface area (Å²) in [6, 6.07) is 28.4. The number of thioether (sulfide) groups is 2. The Hall–Kier alpha value is -2.00. The number of hydrogen-bond acceptors (Lipinski definition) is 7. The van der Waals surface area contributed by atoms with Gasteiger partial charge in [-0.1, -0.05) is 72.8 Å². The predicted octanol–water partition coefficient (Wildman–Crippen LogP) is 6.02. The molecule has 0 amide bonds. The molecule has 1 aliphatic heterocycles. The molecule has 1 fully saturated rings. The Balaban J connectivity index is 1.57. The summed E-state index contributed by atoms with van der Waals surface area (Å²) < 4.78 is 18.0. The number of aliphatic hydroxyl groups is 2. The highest BCUT2D eigenvalue weighted by Crippen LogP contribution is 2.54. The third-order valence-corrected chi connectivity index (χ3v) is 10.2. The van der Waals surface area contributed by atoms with Gasteiger partial charge in [0.2, 0.25) is 0 Å². The van der Waals surface area contributed by atoms with Crippen molar-refractivity contribution >= 4 is 23.5 Å². The van der Waals surface area contributed by atoms with Crippen molar-refractivity contribution in [2.24, 2.45) is 0 Å². The van der Waals surface area contributed by atoms with Gasteiger partial charge >= 0.3 is 0 Å². The highest BCUT2D eigenvalue weighted by molar-refractivity contribution is 8.18. The lowest BCUT2D eigenvalue weighted by molar-refractivity contribution is -0.0950. The predicted molar refractivity (Wildman–Crippen MR) is 157 cm³/mol. The lowest BCUT2D eigenvalue weighted by Gasteiger charge is -2.40. The fourth-order valence-corrected chi connectivity index (χ4v) is 8.08. The Labute approximate surface area is 234 Å². The Morgan fingerprint density at radius 1 is 0.816 bits per heavy atom. The van der Waals surface area contributed by atoms with Gasteiger partial charge in [0, 0.05) is 12.8 Å². The summed E-state index contributed by atoms with van der Waals surface area (Å²) in [5, 5.41) is 20.6. The van der Waals surface area contributed by atoms with Gasteiger partial charge in [-0.25, -0.2) is 0 Å². The quantitative estimate of drug-likeness (QED) is 0.252. The maximum absolute atomic E-state index is 10.7. The Kier molecular flexibility index (Phi) is 11.4. The monoisotopic (exact) mass is 554 g/mol. The molecule has 0 spiro atoms. The van der Waals surface area contributed by atoms with Crippen LogP contribution in [0.4, 0.5) is 0 Å². The van der Waals surface area contributed by atoms with Gasteiger partial charge < -0.3 is 24.4 Å². The van der Waals surface area contributed by atoms with E-state index < -0.39 is 12.2 Å². The second-order valence-corrected chi connectivity index (χ2v) is 12.5. The second kappa shape index (κ2) is 15.0. The first-order valence-corrected chi connectivity index (χ1v) is 15.1. The van der Waals surface area contributed by atoms with Crippen LogP contribution >= 0.6 is 23.5 Å². The molecule has 3 atom stereocenters. The molecule has 0 unspecified atom stereocenters. The zero-order valence-electron chi connectivity index (χ0n) is 21.9. The van der Waals surface area contributed by atoms with Crippen LogP contribution in [-0.4, -0.2) is 53.7 Å². The van der Waals surface area contributed by atoms with E-state index in [4.69, 9.17) is 14.2 Å². The molecule has 0 saturated carbocycles. The lowest BCUT2D eigenvalue weighted by Crippen LogP contribution is -2.38. The summed E-state index contributed by atoms with van der Waals surface area (Å²) in [7, 11) is 1.68. The molecule has 204 valence electrons. The third kappa shape index (κ3) is 8.25. The minimum atomic E-state index is -0.995. The van der Waals surface area contributed by atoms with Crippen molar-refractivity contribution in [3.8, 4) is 5.75 Å². The summed E-state index contributed by atoms with van der Waals surface area (Å²) in [4.78, 5) is 0. The minimum absolute atomic E-state index is 0.181. The van der Waals surface area contributed by atoms with Crippen LogP contribution in [0.2, 0.25) is 0 Å². The largest absolute Gasteiger partial charge is 0.497 e. The number of hydrogen-bond donors (Lipinski definition) is 2. The van der Waals surface area contributed by atoms with Gasteiger partial charge in [-0.15, -0.1) is 23.5 Å². The van der Waals surface area contributed by atoms with Gasteiger partial charge in [-0.3, -0.25) is 0 Å². The molecule has 3 aromatic carbocycles. The highest BCUT2D eigenvalue weighted by Gasteiger charge is 2.39. The van der Waals surface area contributed by atoms with Crippen molar-refractivity contribution in [1.29, 1.82) is 0 Å². The standard InChI is InChI=1S/C31H38O5S2/c1-34-27-15-13-26(14-16-27)31(37-17-8-18-38-31)20-28(35-22-24-9-4-2-5-10-24)19-30(29(33)21-32)36-23-25-11-6-3-7-12-25/h2-7,9-16,28-30,32-33H,8,17-23H2,1H3/t28-,29-,30+/m1/s1. The first-order chi connectivity index (χ1) is 18.6. The molecule has 2 N–H and O–H groups in total. The van der Waals surface area contributed by atoms with E-state index in [2.05, 4.69) is 24.3 Å². The van der Waals surface area contributed by atoms with Crippen LogP contribution in [0.5, 0.6) is 5.75 Å².